The fourth-order valence-electron chi connectivity index (χ4n) is 2.51. The molecule has 130 valence electrons. The molecular weight excluding hydrogens is 351 g/mol. The summed E-state index contributed by atoms with van der Waals surface area (Å²) in [5.41, 5.74) is 2.77. The molecule has 26 heavy (non-hydrogen) atoms. The number of thioether (sulfide) groups is 1. The Bertz CT molecular complexity index is 1010. The molecule has 0 saturated carbocycles. The van der Waals surface area contributed by atoms with Gasteiger partial charge >= 0.3 is 0 Å². The summed E-state index contributed by atoms with van der Waals surface area (Å²) in [4.78, 5) is 1.41. The maximum atomic E-state index is 13.3. The van der Waals surface area contributed by atoms with Gasteiger partial charge in [0, 0.05) is 5.75 Å². The zero-order valence-corrected chi connectivity index (χ0v) is 14.8. The topological polar surface area (TPSA) is 61.4 Å². The summed E-state index contributed by atoms with van der Waals surface area (Å²) in [6, 6.07) is 16.4. The molecule has 0 unspecified atom stereocenters. The van der Waals surface area contributed by atoms with E-state index in [2.05, 4.69) is 32.6 Å². The van der Waals surface area contributed by atoms with Crippen LogP contribution in [0.1, 0.15) is 5.56 Å². The van der Waals surface area contributed by atoms with Gasteiger partial charge in [0.15, 0.2) is 0 Å². The predicted octanol–water partition coefficient (Wildman–Crippen LogP) is 3.49. The second-order valence-electron chi connectivity index (χ2n) is 5.63. The van der Waals surface area contributed by atoms with Crippen molar-refractivity contribution in [1.82, 2.24) is 30.0 Å². The second kappa shape index (κ2) is 7.09. The number of nitrogens with zero attached hydrogens (tertiary/aromatic N) is 6. The highest BCUT2D eigenvalue weighted by atomic mass is 32.2. The highest BCUT2D eigenvalue weighted by Gasteiger charge is 2.18. The standard InChI is InChI=1S/C18H15FN6S/c1-24-22-17(21-23-24)16-11-20-25(15-9-7-14(19)8-10-15)18(16)26-12-13-5-3-2-4-6-13/h2-11H,12H2,1H3. The first kappa shape index (κ1) is 16.5. The van der Waals surface area contributed by atoms with Crippen LogP contribution in [-0.4, -0.2) is 30.0 Å². The van der Waals surface area contributed by atoms with Gasteiger partial charge < -0.3 is 0 Å². The Kier molecular flexibility index (Phi) is 4.49. The lowest BCUT2D eigenvalue weighted by molar-refractivity contribution is 0.626. The molecule has 0 spiro atoms. The first-order chi connectivity index (χ1) is 12.7. The van der Waals surface area contributed by atoms with Gasteiger partial charge in [0.25, 0.3) is 0 Å². The summed E-state index contributed by atoms with van der Waals surface area (Å²) in [5, 5.41) is 17.6. The van der Waals surface area contributed by atoms with Crippen LogP contribution in [0.2, 0.25) is 0 Å². The first-order valence-corrected chi connectivity index (χ1v) is 8.94. The molecule has 0 saturated heterocycles. The van der Waals surface area contributed by atoms with Crippen LogP contribution >= 0.6 is 11.8 Å². The average Bonchev–Trinajstić information content (AvgIpc) is 3.27. The fourth-order valence-corrected chi connectivity index (χ4v) is 3.58. The molecule has 8 heteroatoms. The molecule has 2 heterocycles. The molecule has 0 fully saturated rings. The van der Waals surface area contributed by atoms with E-state index in [0.29, 0.717) is 5.82 Å². The zero-order chi connectivity index (χ0) is 17.9. The maximum Gasteiger partial charge on any atom is 0.209 e. The van der Waals surface area contributed by atoms with E-state index < -0.39 is 0 Å². The van der Waals surface area contributed by atoms with Crippen LogP contribution in [0.5, 0.6) is 0 Å². The third-order valence-corrected chi connectivity index (χ3v) is 4.91. The van der Waals surface area contributed by atoms with Crippen LogP contribution < -0.4 is 0 Å². The van der Waals surface area contributed by atoms with Crippen LogP contribution in [0.25, 0.3) is 17.1 Å². The zero-order valence-electron chi connectivity index (χ0n) is 14.0. The second-order valence-corrected chi connectivity index (χ2v) is 6.59. The highest BCUT2D eigenvalue weighted by Crippen LogP contribution is 2.33. The van der Waals surface area contributed by atoms with Gasteiger partial charge in [-0.2, -0.15) is 9.90 Å². The molecule has 0 radical (unpaired) electrons. The van der Waals surface area contributed by atoms with Crippen LogP contribution in [0, 0.1) is 5.82 Å². The lowest BCUT2D eigenvalue weighted by atomic mass is 10.2. The van der Waals surface area contributed by atoms with Crippen LogP contribution in [0.4, 0.5) is 4.39 Å². The van der Waals surface area contributed by atoms with Crippen molar-refractivity contribution in [2.75, 3.05) is 0 Å². The number of benzene rings is 2. The Hall–Kier alpha value is -3.00. The van der Waals surface area contributed by atoms with Gasteiger partial charge in [0.2, 0.25) is 5.82 Å². The molecule has 0 bridgehead atoms. The van der Waals surface area contributed by atoms with Crippen molar-refractivity contribution >= 4 is 11.8 Å². The minimum atomic E-state index is -0.282. The van der Waals surface area contributed by atoms with E-state index in [0.717, 1.165) is 22.0 Å². The SMILES string of the molecule is Cn1nnc(-c2cnn(-c3ccc(F)cc3)c2SCc2ccccc2)n1. The van der Waals surface area contributed by atoms with Crippen LogP contribution in [0.15, 0.2) is 65.8 Å². The summed E-state index contributed by atoms with van der Waals surface area (Å²) >= 11 is 1.63. The molecule has 2 aromatic carbocycles. The van der Waals surface area contributed by atoms with Crippen LogP contribution in [-0.2, 0) is 12.8 Å². The van der Waals surface area contributed by atoms with Crippen molar-refractivity contribution in [2.24, 2.45) is 7.05 Å². The molecule has 0 aliphatic heterocycles. The van der Waals surface area contributed by atoms with E-state index in [1.807, 2.05) is 18.2 Å². The van der Waals surface area contributed by atoms with Crippen molar-refractivity contribution < 1.29 is 4.39 Å². The highest BCUT2D eigenvalue weighted by molar-refractivity contribution is 7.98. The van der Waals surface area contributed by atoms with E-state index in [-0.39, 0.29) is 5.82 Å². The summed E-state index contributed by atoms with van der Waals surface area (Å²) in [7, 11) is 1.72. The Morgan fingerprint density at radius 2 is 1.81 bits per heavy atom. The molecule has 0 aliphatic rings. The van der Waals surface area contributed by atoms with E-state index in [1.54, 1.807) is 41.8 Å². The van der Waals surface area contributed by atoms with E-state index in [1.165, 1.54) is 22.5 Å². The number of hydrogen-bond donors (Lipinski definition) is 0. The summed E-state index contributed by atoms with van der Waals surface area (Å²) in [5.74, 6) is 0.993. The molecular formula is C18H15FN6S. The number of aryl methyl sites for hydroxylation is 1. The fraction of sp³-hybridized carbons (Fsp3) is 0.111. The predicted molar refractivity (Wildman–Crippen MR) is 97.3 cm³/mol. The summed E-state index contributed by atoms with van der Waals surface area (Å²) < 4.78 is 15.1. The molecule has 4 aromatic rings. The van der Waals surface area contributed by atoms with Crippen molar-refractivity contribution in [1.29, 1.82) is 0 Å². The Morgan fingerprint density at radius 3 is 2.50 bits per heavy atom. The van der Waals surface area contributed by atoms with Crippen molar-refractivity contribution in [3.8, 4) is 17.1 Å². The molecule has 0 atom stereocenters. The number of rotatable bonds is 5. The number of tetrazole rings is 1. The van der Waals surface area contributed by atoms with Crippen molar-refractivity contribution in [3.63, 3.8) is 0 Å². The molecule has 6 nitrogen and oxygen atoms in total. The van der Waals surface area contributed by atoms with Gasteiger partial charge in [-0.05, 0) is 35.0 Å². The first-order valence-electron chi connectivity index (χ1n) is 7.96. The smallest absolute Gasteiger partial charge is 0.209 e. The number of hydrogen-bond acceptors (Lipinski definition) is 5. The Morgan fingerprint density at radius 1 is 1.04 bits per heavy atom. The van der Waals surface area contributed by atoms with E-state index in [4.69, 9.17) is 0 Å². The van der Waals surface area contributed by atoms with E-state index >= 15 is 0 Å². The molecule has 2 aromatic heterocycles. The van der Waals surface area contributed by atoms with Gasteiger partial charge in [-0.25, -0.2) is 9.07 Å². The minimum Gasteiger partial charge on any atom is -0.226 e. The van der Waals surface area contributed by atoms with E-state index in [9.17, 15) is 4.39 Å². The number of aromatic nitrogens is 6. The summed E-state index contributed by atoms with van der Waals surface area (Å²) in [6.45, 7) is 0. The molecule has 4 rings (SSSR count). The van der Waals surface area contributed by atoms with Gasteiger partial charge in [-0.1, -0.05) is 30.3 Å². The van der Waals surface area contributed by atoms with Gasteiger partial charge in [0.1, 0.15) is 10.8 Å². The third kappa shape index (κ3) is 3.36. The quantitative estimate of drug-likeness (QED) is 0.506. The maximum absolute atomic E-state index is 13.3. The molecule has 0 N–H and O–H groups in total. The van der Waals surface area contributed by atoms with Gasteiger partial charge in [-0.15, -0.1) is 22.0 Å². The molecule has 0 aliphatic carbocycles. The largest absolute Gasteiger partial charge is 0.226 e. The lowest BCUT2D eigenvalue weighted by Gasteiger charge is -2.09. The third-order valence-electron chi connectivity index (χ3n) is 3.76. The normalized spacial score (nSPS) is 11.0. The van der Waals surface area contributed by atoms with Gasteiger partial charge in [0.05, 0.1) is 24.5 Å². The van der Waals surface area contributed by atoms with Crippen LogP contribution in [0.3, 0.4) is 0 Å². The lowest BCUT2D eigenvalue weighted by Crippen LogP contribution is -1.99. The monoisotopic (exact) mass is 366 g/mol. The van der Waals surface area contributed by atoms with Crippen molar-refractivity contribution in [2.45, 2.75) is 10.8 Å². The Labute approximate surface area is 153 Å². The summed E-state index contributed by atoms with van der Waals surface area (Å²) in [6.07, 6.45) is 1.72. The van der Waals surface area contributed by atoms with Crippen molar-refractivity contribution in [3.05, 3.63) is 72.2 Å². The minimum absolute atomic E-state index is 0.282. The number of halogens is 1. The van der Waals surface area contributed by atoms with Gasteiger partial charge in [-0.3, -0.25) is 0 Å². The Balaban J connectivity index is 1.74. The molecule has 0 amide bonds. The average molecular weight is 366 g/mol.